The first-order valence-electron chi connectivity index (χ1n) is 4.07. The summed E-state index contributed by atoms with van der Waals surface area (Å²) in [4.78, 5) is 11.1. The molecular formula is C8H14O3. The molecule has 0 saturated heterocycles. The monoisotopic (exact) mass is 158 g/mol. The third-order valence-corrected chi connectivity index (χ3v) is 2.24. The van der Waals surface area contributed by atoms with Crippen LogP contribution < -0.4 is 0 Å². The van der Waals surface area contributed by atoms with E-state index in [0.717, 1.165) is 12.8 Å². The molecule has 0 amide bonds. The van der Waals surface area contributed by atoms with Gasteiger partial charge in [-0.05, 0) is 25.7 Å². The molecule has 3 nitrogen and oxygen atoms in total. The first kappa shape index (κ1) is 8.53. The Balaban J connectivity index is 2.30. The van der Waals surface area contributed by atoms with E-state index < -0.39 is 0 Å². The van der Waals surface area contributed by atoms with Crippen molar-refractivity contribution in [1.29, 1.82) is 0 Å². The van der Waals surface area contributed by atoms with Crippen LogP contribution in [-0.4, -0.2) is 24.3 Å². The third kappa shape index (κ3) is 1.71. The molecule has 0 radical (unpaired) electrons. The highest BCUT2D eigenvalue weighted by Crippen LogP contribution is 2.34. The number of hydrogen-bond acceptors (Lipinski definition) is 3. The number of carbonyl (C=O) groups excluding carboxylic acids is 1. The third-order valence-electron chi connectivity index (χ3n) is 2.24. The molecule has 64 valence electrons. The predicted octanol–water partition coefficient (Wildman–Crippen LogP) is 0.568. The van der Waals surface area contributed by atoms with Crippen LogP contribution in [0.1, 0.15) is 19.8 Å². The number of esters is 1. The minimum Gasteiger partial charge on any atom is -0.466 e. The summed E-state index contributed by atoms with van der Waals surface area (Å²) in [5, 5.41) is 8.77. The van der Waals surface area contributed by atoms with Gasteiger partial charge in [-0.3, -0.25) is 4.79 Å². The number of hydrogen-bond donors (Lipinski definition) is 1. The lowest BCUT2D eigenvalue weighted by Gasteiger charge is -2.32. The highest BCUT2D eigenvalue weighted by atomic mass is 16.5. The van der Waals surface area contributed by atoms with E-state index in [1.54, 1.807) is 6.92 Å². The summed E-state index contributed by atoms with van der Waals surface area (Å²) in [6, 6.07) is 0. The summed E-state index contributed by atoms with van der Waals surface area (Å²) in [7, 11) is 0. The van der Waals surface area contributed by atoms with Crippen LogP contribution in [-0.2, 0) is 9.53 Å². The average Bonchev–Trinajstić information content (AvgIpc) is 1.86. The number of aliphatic hydroxyl groups excluding tert-OH is 1. The molecule has 1 fully saturated rings. The Labute approximate surface area is 66.4 Å². The highest BCUT2D eigenvalue weighted by Gasteiger charge is 2.36. The van der Waals surface area contributed by atoms with Gasteiger partial charge in [0.05, 0.1) is 12.5 Å². The van der Waals surface area contributed by atoms with Crippen LogP contribution in [0.2, 0.25) is 0 Å². The van der Waals surface area contributed by atoms with Crippen molar-refractivity contribution in [3.8, 4) is 0 Å². The maximum Gasteiger partial charge on any atom is 0.309 e. The molecule has 0 heterocycles. The first-order chi connectivity index (χ1) is 5.29. The van der Waals surface area contributed by atoms with Crippen molar-refractivity contribution in [2.75, 3.05) is 13.2 Å². The maximum absolute atomic E-state index is 11.1. The summed E-state index contributed by atoms with van der Waals surface area (Å²) in [5.41, 5.74) is 0. The number of aliphatic hydroxyl groups is 1. The van der Waals surface area contributed by atoms with E-state index in [0.29, 0.717) is 6.61 Å². The normalized spacial score (nSPS) is 29.3. The van der Waals surface area contributed by atoms with Gasteiger partial charge in [0.15, 0.2) is 0 Å². The Kier molecular flexibility index (Phi) is 2.88. The summed E-state index contributed by atoms with van der Waals surface area (Å²) >= 11 is 0. The van der Waals surface area contributed by atoms with E-state index in [2.05, 4.69) is 0 Å². The minimum absolute atomic E-state index is 0.0278. The molecule has 1 rings (SSSR count). The molecule has 1 N–H and O–H groups in total. The Hall–Kier alpha value is -0.570. The van der Waals surface area contributed by atoms with Crippen LogP contribution in [0.5, 0.6) is 0 Å². The molecule has 0 aromatic heterocycles. The molecule has 1 saturated carbocycles. The fourth-order valence-corrected chi connectivity index (χ4v) is 1.35. The number of rotatable bonds is 3. The van der Waals surface area contributed by atoms with Crippen molar-refractivity contribution in [2.45, 2.75) is 19.8 Å². The summed E-state index contributed by atoms with van der Waals surface area (Å²) in [5.74, 6) is -0.00759. The van der Waals surface area contributed by atoms with Gasteiger partial charge in [-0.25, -0.2) is 0 Å². The molecule has 0 aliphatic heterocycles. The van der Waals surface area contributed by atoms with Gasteiger partial charge in [0.25, 0.3) is 0 Å². The fraction of sp³-hybridized carbons (Fsp3) is 0.875. The smallest absolute Gasteiger partial charge is 0.309 e. The van der Waals surface area contributed by atoms with Crippen molar-refractivity contribution >= 4 is 5.97 Å². The van der Waals surface area contributed by atoms with Gasteiger partial charge in [0.1, 0.15) is 0 Å². The van der Waals surface area contributed by atoms with E-state index in [9.17, 15) is 4.79 Å². The van der Waals surface area contributed by atoms with Crippen molar-refractivity contribution in [2.24, 2.45) is 11.8 Å². The standard InChI is InChI=1S/C8H14O3/c1-2-11-8(10)7-4-3-6(7)5-9/h6-7,9H,2-5H2,1H3. The van der Waals surface area contributed by atoms with Crippen LogP contribution >= 0.6 is 0 Å². The van der Waals surface area contributed by atoms with Gasteiger partial charge >= 0.3 is 5.97 Å². The van der Waals surface area contributed by atoms with Gasteiger partial charge in [-0.2, -0.15) is 0 Å². The zero-order valence-electron chi connectivity index (χ0n) is 6.75. The second-order valence-corrected chi connectivity index (χ2v) is 2.88. The SMILES string of the molecule is CCOC(=O)C1CCC1CO. The van der Waals surface area contributed by atoms with E-state index in [-0.39, 0.29) is 24.4 Å². The molecule has 0 aromatic carbocycles. The fourth-order valence-electron chi connectivity index (χ4n) is 1.35. The molecule has 0 aromatic rings. The van der Waals surface area contributed by atoms with Crippen molar-refractivity contribution in [3.05, 3.63) is 0 Å². The van der Waals surface area contributed by atoms with Crippen molar-refractivity contribution < 1.29 is 14.6 Å². The van der Waals surface area contributed by atoms with Gasteiger partial charge in [0.2, 0.25) is 0 Å². The van der Waals surface area contributed by atoms with Crippen LogP contribution in [0, 0.1) is 11.8 Å². The van der Waals surface area contributed by atoms with Crippen LogP contribution in [0.25, 0.3) is 0 Å². The molecule has 0 bridgehead atoms. The maximum atomic E-state index is 11.1. The average molecular weight is 158 g/mol. The Bertz CT molecular complexity index is 142. The van der Waals surface area contributed by atoms with E-state index in [1.807, 2.05) is 0 Å². The molecule has 11 heavy (non-hydrogen) atoms. The Morgan fingerprint density at radius 3 is 2.73 bits per heavy atom. The second kappa shape index (κ2) is 3.72. The summed E-state index contributed by atoms with van der Waals surface area (Å²) in [6.07, 6.45) is 1.84. The van der Waals surface area contributed by atoms with E-state index in [1.165, 1.54) is 0 Å². The highest BCUT2D eigenvalue weighted by molar-refractivity contribution is 5.73. The molecule has 3 heteroatoms. The lowest BCUT2D eigenvalue weighted by molar-refractivity contribution is -0.155. The first-order valence-corrected chi connectivity index (χ1v) is 4.07. The molecule has 2 atom stereocenters. The van der Waals surface area contributed by atoms with Gasteiger partial charge in [-0.1, -0.05) is 0 Å². The lowest BCUT2D eigenvalue weighted by Crippen LogP contribution is -2.36. The van der Waals surface area contributed by atoms with Crippen LogP contribution in [0.4, 0.5) is 0 Å². The Morgan fingerprint density at radius 1 is 1.64 bits per heavy atom. The second-order valence-electron chi connectivity index (χ2n) is 2.88. The zero-order valence-corrected chi connectivity index (χ0v) is 6.75. The summed E-state index contributed by atoms with van der Waals surface area (Å²) < 4.78 is 4.83. The van der Waals surface area contributed by atoms with Crippen LogP contribution in [0.3, 0.4) is 0 Å². The zero-order chi connectivity index (χ0) is 8.27. The molecule has 1 aliphatic rings. The largest absolute Gasteiger partial charge is 0.466 e. The number of ether oxygens (including phenoxy) is 1. The summed E-state index contributed by atoms with van der Waals surface area (Å²) in [6.45, 7) is 2.35. The van der Waals surface area contributed by atoms with Gasteiger partial charge < -0.3 is 9.84 Å². The van der Waals surface area contributed by atoms with Gasteiger partial charge in [0, 0.05) is 6.61 Å². The van der Waals surface area contributed by atoms with Crippen molar-refractivity contribution in [1.82, 2.24) is 0 Å². The predicted molar refractivity (Wildman–Crippen MR) is 39.9 cm³/mol. The minimum atomic E-state index is -0.141. The van der Waals surface area contributed by atoms with E-state index in [4.69, 9.17) is 9.84 Å². The Morgan fingerprint density at radius 2 is 2.36 bits per heavy atom. The van der Waals surface area contributed by atoms with Crippen molar-refractivity contribution in [3.63, 3.8) is 0 Å². The molecule has 2 unspecified atom stereocenters. The molecule has 0 spiro atoms. The topological polar surface area (TPSA) is 46.5 Å². The molecular weight excluding hydrogens is 144 g/mol. The van der Waals surface area contributed by atoms with E-state index >= 15 is 0 Å². The lowest BCUT2D eigenvalue weighted by atomic mass is 9.74. The quantitative estimate of drug-likeness (QED) is 0.611. The number of carbonyl (C=O) groups is 1. The van der Waals surface area contributed by atoms with Gasteiger partial charge in [-0.15, -0.1) is 0 Å². The van der Waals surface area contributed by atoms with Crippen LogP contribution in [0.15, 0.2) is 0 Å². The molecule has 1 aliphatic carbocycles.